The molecule has 100 valence electrons. The molecule has 0 saturated carbocycles. The molecular weight excluding hydrogens is 278 g/mol. The average molecular weight is 292 g/mol. The zero-order valence-electron chi connectivity index (χ0n) is 9.76. The Balaban J connectivity index is 3.23. The molecule has 1 aromatic rings. The average Bonchev–Trinajstić information content (AvgIpc) is 2.24. The van der Waals surface area contributed by atoms with Crippen molar-refractivity contribution in [2.75, 3.05) is 18.8 Å². The van der Waals surface area contributed by atoms with Crippen LogP contribution in [-0.4, -0.2) is 31.7 Å². The van der Waals surface area contributed by atoms with E-state index in [9.17, 15) is 13.2 Å². The van der Waals surface area contributed by atoms with Gasteiger partial charge in [0.05, 0.1) is 12.2 Å². The molecule has 0 spiro atoms. The highest BCUT2D eigenvalue weighted by Crippen LogP contribution is 2.25. The number of nitrogens with zero attached hydrogens (tertiary/aromatic N) is 1. The highest BCUT2D eigenvalue weighted by Gasteiger charge is 2.26. The fourth-order valence-electron chi connectivity index (χ4n) is 1.43. The van der Waals surface area contributed by atoms with Gasteiger partial charge in [0.2, 0.25) is 15.9 Å². The summed E-state index contributed by atoms with van der Waals surface area (Å²) in [6.45, 7) is 1.33. The van der Waals surface area contributed by atoms with Gasteiger partial charge >= 0.3 is 0 Å². The summed E-state index contributed by atoms with van der Waals surface area (Å²) >= 11 is 5.70. The van der Waals surface area contributed by atoms with Crippen molar-refractivity contribution < 1.29 is 13.2 Å². The van der Waals surface area contributed by atoms with Gasteiger partial charge in [0.1, 0.15) is 4.90 Å². The molecule has 6 nitrogen and oxygen atoms in total. The maximum Gasteiger partial charge on any atom is 0.245 e. The number of halogens is 1. The third-order valence-electron chi connectivity index (χ3n) is 2.27. The molecular formula is C10H14ClN3O3S. The summed E-state index contributed by atoms with van der Waals surface area (Å²) in [4.78, 5) is 10.8. The first-order chi connectivity index (χ1) is 8.28. The summed E-state index contributed by atoms with van der Waals surface area (Å²) < 4.78 is 25.4. The number of primary amides is 1. The zero-order chi connectivity index (χ0) is 13.9. The van der Waals surface area contributed by atoms with E-state index in [1.807, 2.05) is 0 Å². The first-order valence-corrected chi connectivity index (χ1v) is 6.94. The highest BCUT2D eigenvalue weighted by atomic mass is 35.5. The predicted molar refractivity (Wildman–Crippen MR) is 69.5 cm³/mol. The van der Waals surface area contributed by atoms with Crippen LogP contribution in [0, 0.1) is 0 Å². The number of hydrogen-bond acceptors (Lipinski definition) is 4. The van der Waals surface area contributed by atoms with E-state index in [-0.39, 0.29) is 23.7 Å². The number of nitrogens with two attached hydrogens (primary N) is 2. The molecule has 0 radical (unpaired) electrons. The number of anilines is 1. The molecule has 0 aliphatic heterocycles. The second kappa shape index (κ2) is 5.55. The van der Waals surface area contributed by atoms with E-state index < -0.39 is 15.9 Å². The Bertz CT molecular complexity index is 559. The van der Waals surface area contributed by atoms with Gasteiger partial charge in [-0.1, -0.05) is 18.5 Å². The predicted octanol–water partition coefficient (Wildman–Crippen LogP) is 0.418. The van der Waals surface area contributed by atoms with Crippen molar-refractivity contribution in [3.05, 3.63) is 23.2 Å². The number of carbonyl (C=O) groups excluding carboxylic acids is 1. The maximum absolute atomic E-state index is 12.2. The lowest BCUT2D eigenvalue weighted by Gasteiger charge is -2.19. The molecule has 8 heteroatoms. The van der Waals surface area contributed by atoms with Crippen molar-refractivity contribution in [1.29, 1.82) is 0 Å². The molecule has 0 aliphatic carbocycles. The van der Waals surface area contributed by atoms with Crippen molar-refractivity contribution in [2.24, 2.45) is 5.73 Å². The second-order valence-electron chi connectivity index (χ2n) is 3.58. The molecule has 0 aromatic heterocycles. The van der Waals surface area contributed by atoms with Crippen molar-refractivity contribution in [3.8, 4) is 0 Å². The minimum atomic E-state index is -3.84. The van der Waals surface area contributed by atoms with Crippen LogP contribution in [0.2, 0.25) is 5.02 Å². The third kappa shape index (κ3) is 3.12. The topological polar surface area (TPSA) is 106 Å². The van der Waals surface area contributed by atoms with Crippen LogP contribution in [0.3, 0.4) is 0 Å². The van der Waals surface area contributed by atoms with Gasteiger partial charge in [-0.3, -0.25) is 4.79 Å². The number of benzene rings is 1. The standard InChI is InChI=1S/C10H14ClN3O3S/c1-2-14(6-10(13)15)18(16,17)9-4-3-7(11)5-8(9)12/h3-5H,2,6,12H2,1H3,(H2,13,15). The highest BCUT2D eigenvalue weighted by molar-refractivity contribution is 7.89. The van der Waals surface area contributed by atoms with Crippen molar-refractivity contribution in [1.82, 2.24) is 4.31 Å². The van der Waals surface area contributed by atoms with E-state index in [1.54, 1.807) is 6.92 Å². The molecule has 1 aromatic carbocycles. The van der Waals surface area contributed by atoms with Crippen LogP contribution >= 0.6 is 11.6 Å². The Hall–Kier alpha value is -1.31. The Morgan fingerprint density at radius 1 is 1.44 bits per heavy atom. The summed E-state index contributed by atoms with van der Waals surface area (Å²) in [6, 6.07) is 4.06. The van der Waals surface area contributed by atoms with Gasteiger partial charge < -0.3 is 11.5 Å². The fourth-order valence-corrected chi connectivity index (χ4v) is 3.13. The summed E-state index contributed by atoms with van der Waals surface area (Å²) in [5.41, 5.74) is 10.7. The summed E-state index contributed by atoms with van der Waals surface area (Å²) in [5, 5.41) is 0.337. The number of sulfonamides is 1. The molecule has 0 heterocycles. The molecule has 0 saturated heterocycles. The minimum Gasteiger partial charge on any atom is -0.398 e. The van der Waals surface area contributed by atoms with Crippen LogP contribution in [0.5, 0.6) is 0 Å². The van der Waals surface area contributed by atoms with Crippen LogP contribution in [0.25, 0.3) is 0 Å². The van der Waals surface area contributed by atoms with Gasteiger partial charge in [0.25, 0.3) is 0 Å². The number of hydrogen-bond donors (Lipinski definition) is 2. The first-order valence-electron chi connectivity index (χ1n) is 5.12. The molecule has 0 bridgehead atoms. The molecule has 0 unspecified atom stereocenters. The van der Waals surface area contributed by atoms with Gasteiger partial charge in [-0.2, -0.15) is 4.31 Å². The van der Waals surface area contributed by atoms with E-state index in [0.29, 0.717) is 5.02 Å². The van der Waals surface area contributed by atoms with Gasteiger partial charge in [-0.15, -0.1) is 0 Å². The Morgan fingerprint density at radius 3 is 2.50 bits per heavy atom. The maximum atomic E-state index is 12.2. The summed E-state index contributed by atoms with van der Waals surface area (Å²) in [5.74, 6) is -0.729. The van der Waals surface area contributed by atoms with Crippen LogP contribution in [0.15, 0.2) is 23.1 Å². The van der Waals surface area contributed by atoms with Gasteiger partial charge in [0.15, 0.2) is 0 Å². The van der Waals surface area contributed by atoms with Gasteiger partial charge in [0, 0.05) is 11.6 Å². The Labute approximate surface area is 111 Å². The monoisotopic (exact) mass is 291 g/mol. The lowest BCUT2D eigenvalue weighted by molar-refractivity contribution is -0.118. The normalized spacial score (nSPS) is 11.7. The smallest absolute Gasteiger partial charge is 0.245 e. The van der Waals surface area contributed by atoms with Crippen molar-refractivity contribution in [2.45, 2.75) is 11.8 Å². The lowest BCUT2D eigenvalue weighted by atomic mass is 10.3. The fraction of sp³-hybridized carbons (Fsp3) is 0.300. The van der Waals surface area contributed by atoms with E-state index in [4.69, 9.17) is 23.1 Å². The minimum absolute atomic E-state index is 0.0328. The second-order valence-corrected chi connectivity index (χ2v) is 5.92. The quantitative estimate of drug-likeness (QED) is 0.767. The Kier molecular flexibility index (Phi) is 4.55. The third-order valence-corrected chi connectivity index (χ3v) is 4.50. The number of amides is 1. The number of rotatable bonds is 5. The number of carbonyl (C=O) groups is 1. The molecule has 1 amide bonds. The van der Waals surface area contributed by atoms with Crippen LogP contribution in [0.1, 0.15) is 6.92 Å². The van der Waals surface area contributed by atoms with Crippen LogP contribution in [0.4, 0.5) is 5.69 Å². The number of nitrogen functional groups attached to an aromatic ring is 1. The van der Waals surface area contributed by atoms with Crippen molar-refractivity contribution in [3.63, 3.8) is 0 Å². The number of likely N-dealkylation sites (N-methyl/N-ethyl adjacent to an activating group) is 1. The molecule has 0 aliphatic rings. The largest absolute Gasteiger partial charge is 0.398 e. The van der Waals surface area contributed by atoms with E-state index >= 15 is 0 Å². The lowest BCUT2D eigenvalue weighted by Crippen LogP contribution is -2.38. The molecule has 0 fully saturated rings. The van der Waals surface area contributed by atoms with E-state index in [2.05, 4.69) is 0 Å². The molecule has 4 N–H and O–H groups in total. The van der Waals surface area contributed by atoms with Crippen LogP contribution in [-0.2, 0) is 14.8 Å². The molecule has 0 atom stereocenters. The first kappa shape index (κ1) is 14.7. The summed E-state index contributed by atoms with van der Waals surface area (Å²) in [7, 11) is -3.84. The Morgan fingerprint density at radius 2 is 2.06 bits per heavy atom. The molecule has 18 heavy (non-hydrogen) atoms. The zero-order valence-corrected chi connectivity index (χ0v) is 11.3. The van der Waals surface area contributed by atoms with Crippen LogP contribution < -0.4 is 11.5 Å². The summed E-state index contributed by atoms with van der Waals surface area (Å²) in [6.07, 6.45) is 0. The SMILES string of the molecule is CCN(CC(N)=O)S(=O)(=O)c1ccc(Cl)cc1N. The molecule has 1 rings (SSSR count). The van der Waals surface area contributed by atoms with E-state index in [1.165, 1.54) is 18.2 Å². The van der Waals surface area contributed by atoms with Gasteiger partial charge in [-0.05, 0) is 18.2 Å². The van der Waals surface area contributed by atoms with Crippen molar-refractivity contribution >= 4 is 33.2 Å². The van der Waals surface area contributed by atoms with Gasteiger partial charge in [-0.25, -0.2) is 8.42 Å². The van der Waals surface area contributed by atoms with E-state index in [0.717, 1.165) is 4.31 Å².